The third-order valence-electron chi connectivity index (χ3n) is 14.4. The van der Waals surface area contributed by atoms with Crippen LogP contribution >= 0.6 is 7.82 Å². The maximum Gasteiger partial charge on any atom is 0.472 e. The van der Waals surface area contributed by atoms with Crippen molar-refractivity contribution in [2.75, 3.05) is 40.9 Å². The summed E-state index contributed by atoms with van der Waals surface area (Å²) in [6.07, 6.45) is 80.5. The molecule has 0 radical (unpaired) electrons. The van der Waals surface area contributed by atoms with Crippen LogP contribution < -0.4 is 5.32 Å². The Bertz CT molecular complexity index is 1470. The van der Waals surface area contributed by atoms with Gasteiger partial charge in [0.25, 0.3) is 0 Å². The molecule has 8 nitrogen and oxygen atoms in total. The molecule has 1 amide bonds. The van der Waals surface area contributed by atoms with Crippen molar-refractivity contribution in [3.8, 4) is 0 Å². The van der Waals surface area contributed by atoms with Crippen molar-refractivity contribution in [2.24, 2.45) is 0 Å². The fourth-order valence-corrected chi connectivity index (χ4v) is 10.2. The van der Waals surface area contributed by atoms with E-state index in [0.29, 0.717) is 17.4 Å². The summed E-state index contributed by atoms with van der Waals surface area (Å²) in [5.41, 5.74) is 0. The van der Waals surface area contributed by atoms with Gasteiger partial charge in [0.15, 0.2) is 0 Å². The molecule has 0 aliphatic heterocycles. The largest absolute Gasteiger partial charge is 0.472 e. The number of rotatable bonds is 59. The van der Waals surface area contributed by atoms with E-state index >= 15 is 0 Å². The van der Waals surface area contributed by atoms with Gasteiger partial charge < -0.3 is 19.8 Å². The minimum atomic E-state index is -4.34. The molecular formula is C67H126N2O6P+. The van der Waals surface area contributed by atoms with Gasteiger partial charge in [-0.2, -0.15) is 0 Å². The summed E-state index contributed by atoms with van der Waals surface area (Å²) in [5, 5.41) is 13.9. The number of carbonyl (C=O) groups excluding carboxylic acids is 1. The lowest BCUT2D eigenvalue weighted by Crippen LogP contribution is -2.45. The van der Waals surface area contributed by atoms with E-state index in [9.17, 15) is 19.4 Å². The lowest BCUT2D eigenvalue weighted by Gasteiger charge is -2.25. The molecule has 0 saturated heterocycles. The van der Waals surface area contributed by atoms with Gasteiger partial charge >= 0.3 is 7.82 Å². The molecule has 0 spiro atoms. The highest BCUT2D eigenvalue weighted by molar-refractivity contribution is 7.47. The van der Waals surface area contributed by atoms with Gasteiger partial charge in [-0.25, -0.2) is 4.57 Å². The van der Waals surface area contributed by atoms with Gasteiger partial charge in [-0.15, -0.1) is 0 Å². The van der Waals surface area contributed by atoms with Crippen molar-refractivity contribution in [2.45, 2.75) is 309 Å². The molecular weight excluding hydrogens is 960 g/mol. The van der Waals surface area contributed by atoms with Crippen LogP contribution in [0.4, 0.5) is 0 Å². The average molecular weight is 1090 g/mol. The molecule has 0 heterocycles. The zero-order valence-electron chi connectivity index (χ0n) is 50.7. The molecule has 0 saturated carbocycles. The number of nitrogens with zero attached hydrogens (tertiary/aromatic N) is 1. The van der Waals surface area contributed by atoms with Crippen molar-refractivity contribution in [1.29, 1.82) is 0 Å². The molecule has 9 heteroatoms. The number of hydrogen-bond acceptors (Lipinski definition) is 5. The Morgan fingerprint density at radius 1 is 0.461 bits per heavy atom. The summed E-state index contributed by atoms with van der Waals surface area (Å²) in [4.78, 5) is 23.3. The number of aliphatic hydroxyl groups excluding tert-OH is 1. The van der Waals surface area contributed by atoms with E-state index in [4.69, 9.17) is 9.05 Å². The number of phosphoric acid groups is 1. The summed E-state index contributed by atoms with van der Waals surface area (Å²) >= 11 is 0. The second-order valence-electron chi connectivity index (χ2n) is 23.1. The Morgan fingerprint density at radius 2 is 0.789 bits per heavy atom. The number of carbonyl (C=O) groups is 1. The smallest absolute Gasteiger partial charge is 0.387 e. The molecule has 3 N–H and O–H groups in total. The first kappa shape index (κ1) is 73.9. The molecule has 0 aromatic rings. The maximum absolute atomic E-state index is 13.0. The lowest BCUT2D eigenvalue weighted by atomic mass is 10.0. The number of likely N-dealkylation sites (N-methyl/N-ethyl adjacent to an activating group) is 1. The van der Waals surface area contributed by atoms with E-state index < -0.39 is 20.0 Å². The molecule has 76 heavy (non-hydrogen) atoms. The van der Waals surface area contributed by atoms with Crippen molar-refractivity contribution in [3.05, 3.63) is 72.9 Å². The Labute approximate surface area is 472 Å². The van der Waals surface area contributed by atoms with Crippen LogP contribution in [0.1, 0.15) is 296 Å². The van der Waals surface area contributed by atoms with Crippen LogP contribution in [-0.2, 0) is 18.4 Å². The molecule has 0 fully saturated rings. The van der Waals surface area contributed by atoms with Crippen molar-refractivity contribution in [3.63, 3.8) is 0 Å². The average Bonchev–Trinajstić information content (AvgIpc) is 3.38. The van der Waals surface area contributed by atoms with Gasteiger partial charge in [0.2, 0.25) is 5.91 Å². The molecule has 444 valence electrons. The van der Waals surface area contributed by atoms with E-state index in [-0.39, 0.29) is 19.1 Å². The highest BCUT2D eigenvalue weighted by Crippen LogP contribution is 2.43. The minimum Gasteiger partial charge on any atom is -0.387 e. The number of nitrogens with one attached hydrogen (secondary N) is 1. The maximum atomic E-state index is 13.0. The van der Waals surface area contributed by atoms with Gasteiger partial charge in [0.05, 0.1) is 39.9 Å². The summed E-state index contributed by atoms with van der Waals surface area (Å²) < 4.78 is 23.7. The Balaban J connectivity index is 3.86. The second kappa shape index (κ2) is 57.6. The fraction of sp³-hybridized carbons (Fsp3) is 0.806. The minimum absolute atomic E-state index is 0.0622. The highest BCUT2D eigenvalue weighted by atomic mass is 31.2. The summed E-state index contributed by atoms with van der Waals surface area (Å²) in [6, 6.07) is -0.845. The monoisotopic (exact) mass is 1090 g/mol. The van der Waals surface area contributed by atoms with E-state index in [0.717, 1.165) is 70.6 Å². The molecule has 0 bridgehead atoms. The number of hydrogen-bond donors (Lipinski definition) is 3. The number of allylic oxidation sites excluding steroid dienone is 11. The topological polar surface area (TPSA) is 105 Å². The first-order valence-corrected chi connectivity index (χ1v) is 33.8. The normalized spacial score (nSPS) is 14.2. The van der Waals surface area contributed by atoms with Crippen molar-refractivity contribution in [1.82, 2.24) is 5.32 Å². The van der Waals surface area contributed by atoms with Crippen LogP contribution in [0.15, 0.2) is 72.9 Å². The summed E-state index contributed by atoms with van der Waals surface area (Å²) in [7, 11) is 1.58. The third kappa shape index (κ3) is 59.6. The predicted octanol–water partition coefficient (Wildman–Crippen LogP) is 20.2. The quantitative estimate of drug-likeness (QED) is 0.0243. The number of aliphatic hydroxyl groups is 1. The molecule has 0 aromatic carbocycles. The van der Waals surface area contributed by atoms with Crippen LogP contribution in [0.5, 0.6) is 0 Å². The van der Waals surface area contributed by atoms with Crippen LogP contribution in [0.25, 0.3) is 0 Å². The summed E-state index contributed by atoms with van der Waals surface area (Å²) in [5.74, 6) is -0.174. The first-order chi connectivity index (χ1) is 37.0. The zero-order valence-corrected chi connectivity index (χ0v) is 51.6. The van der Waals surface area contributed by atoms with Crippen LogP contribution in [-0.4, -0.2) is 73.4 Å². The van der Waals surface area contributed by atoms with Crippen LogP contribution in [0.2, 0.25) is 0 Å². The Morgan fingerprint density at radius 3 is 1.16 bits per heavy atom. The van der Waals surface area contributed by atoms with Gasteiger partial charge in [0.1, 0.15) is 13.2 Å². The van der Waals surface area contributed by atoms with Gasteiger partial charge in [0, 0.05) is 6.42 Å². The zero-order chi connectivity index (χ0) is 55.6. The highest BCUT2D eigenvalue weighted by Gasteiger charge is 2.28. The molecule has 0 aliphatic carbocycles. The third-order valence-corrected chi connectivity index (χ3v) is 15.4. The van der Waals surface area contributed by atoms with Gasteiger partial charge in [-0.05, 0) is 64.2 Å². The van der Waals surface area contributed by atoms with Crippen LogP contribution in [0.3, 0.4) is 0 Å². The Hall–Kier alpha value is -2.06. The van der Waals surface area contributed by atoms with E-state index in [1.54, 1.807) is 6.08 Å². The number of quaternary nitrogens is 1. The predicted molar refractivity (Wildman–Crippen MR) is 332 cm³/mol. The molecule has 3 atom stereocenters. The van der Waals surface area contributed by atoms with Crippen molar-refractivity contribution < 1.29 is 32.9 Å². The SMILES string of the molecule is CC/C=C\C/C=C\C/C=C\C/C=C\C/C=C\CCCCCCCCCCCCCCCCCCCCCCCCCCCC(=O)NC(COP(=O)(O)OCC[N+](C)(C)C)C(O)/C=C/CCCCCCCCCCCCC. The standard InChI is InChI=1S/C67H125N2O6P/c1-6-8-10-12-14-16-18-20-21-22-23-24-25-26-27-28-29-30-31-32-33-34-35-36-37-38-39-40-41-42-43-44-45-46-47-49-51-53-55-57-59-61-67(71)68-65(64-75-76(72,73)74-63-62-69(3,4)5)66(70)60-58-56-54-52-50-48-19-17-15-13-11-9-7-2/h8,10,14,16,20-21,23-24,26-27,58,60,65-66,70H,6-7,9,11-13,15,17-19,22,25,28-57,59,61-64H2,1-5H3,(H-,68,71,72,73)/p+1/b10-8-,16-14-,21-20-,24-23-,27-26-,60-58+. The number of unbranched alkanes of at least 4 members (excludes halogenated alkanes) is 36. The molecule has 3 unspecified atom stereocenters. The molecule has 0 aliphatic rings. The van der Waals surface area contributed by atoms with E-state index in [1.165, 1.54) is 205 Å². The first-order valence-electron chi connectivity index (χ1n) is 32.3. The number of amides is 1. The second-order valence-corrected chi connectivity index (χ2v) is 24.6. The van der Waals surface area contributed by atoms with Crippen molar-refractivity contribution >= 4 is 13.7 Å². The van der Waals surface area contributed by atoms with E-state index in [1.807, 2.05) is 27.2 Å². The Kier molecular flexibility index (Phi) is 56.1. The molecule has 0 rings (SSSR count). The van der Waals surface area contributed by atoms with Gasteiger partial charge in [-0.1, -0.05) is 299 Å². The number of phosphoric ester groups is 1. The van der Waals surface area contributed by atoms with Gasteiger partial charge in [-0.3, -0.25) is 13.8 Å². The summed E-state index contributed by atoms with van der Waals surface area (Å²) in [6.45, 7) is 4.72. The molecule has 0 aromatic heterocycles. The fourth-order valence-electron chi connectivity index (χ4n) is 9.42. The van der Waals surface area contributed by atoms with Crippen LogP contribution in [0, 0.1) is 0 Å². The van der Waals surface area contributed by atoms with E-state index in [2.05, 4.69) is 79.9 Å². The lowest BCUT2D eigenvalue weighted by molar-refractivity contribution is -0.870.